The average molecular weight is 210 g/mol. The molecule has 4 heteroatoms. The van der Waals surface area contributed by atoms with Gasteiger partial charge in [0.25, 0.3) is 0 Å². The minimum absolute atomic E-state index is 0.0406. The monoisotopic (exact) mass is 210 g/mol. The van der Waals surface area contributed by atoms with Crippen LogP contribution in [0.3, 0.4) is 0 Å². The van der Waals surface area contributed by atoms with Gasteiger partial charge in [0, 0.05) is 19.7 Å². The summed E-state index contributed by atoms with van der Waals surface area (Å²) in [4.78, 5) is 13.4. The molecule has 0 heterocycles. The van der Waals surface area contributed by atoms with Crippen LogP contribution in [-0.2, 0) is 0 Å². The van der Waals surface area contributed by atoms with E-state index in [2.05, 4.69) is 5.32 Å². The van der Waals surface area contributed by atoms with Crippen molar-refractivity contribution in [3.8, 4) is 0 Å². The molecular weight excluding hydrogens is 195 g/mol. The van der Waals surface area contributed by atoms with Gasteiger partial charge in [0.1, 0.15) is 5.82 Å². The summed E-state index contributed by atoms with van der Waals surface area (Å²) in [5, 5.41) is 2.78. The molecule has 0 atom stereocenters. The molecule has 1 rings (SSSR count). The number of likely N-dealkylation sites (N-methyl/N-ethyl adjacent to an activating group) is 1. The van der Waals surface area contributed by atoms with E-state index in [1.54, 1.807) is 26.0 Å². The Morgan fingerprint density at radius 1 is 1.47 bits per heavy atom. The SMILES string of the molecule is CNCC(=O)c1ccc(F)cc1N(C)C. The van der Waals surface area contributed by atoms with Crippen LogP contribution < -0.4 is 10.2 Å². The van der Waals surface area contributed by atoms with Crippen LogP contribution in [0, 0.1) is 5.82 Å². The summed E-state index contributed by atoms with van der Waals surface area (Å²) in [6, 6.07) is 4.18. The molecule has 1 N–H and O–H groups in total. The Labute approximate surface area is 88.9 Å². The second-order valence-corrected chi connectivity index (χ2v) is 3.51. The summed E-state index contributed by atoms with van der Waals surface area (Å²) in [5.74, 6) is -0.374. The van der Waals surface area contributed by atoms with Gasteiger partial charge in [-0.1, -0.05) is 0 Å². The normalized spacial score (nSPS) is 10.1. The number of halogens is 1. The molecule has 0 unspecified atom stereocenters. The third-order valence-electron chi connectivity index (χ3n) is 2.08. The summed E-state index contributed by atoms with van der Waals surface area (Å²) in [6.07, 6.45) is 0. The van der Waals surface area contributed by atoms with Crippen LogP contribution in [0.1, 0.15) is 10.4 Å². The largest absolute Gasteiger partial charge is 0.377 e. The second kappa shape index (κ2) is 4.89. The van der Waals surface area contributed by atoms with Crippen molar-refractivity contribution in [2.24, 2.45) is 0 Å². The van der Waals surface area contributed by atoms with E-state index in [4.69, 9.17) is 0 Å². The topological polar surface area (TPSA) is 32.3 Å². The van der Waals surface area contributed by atoms with Crippen molar-refractivity contribution in [2.45, 2.75) is 0 Å². The van der Waals surface area contributed by atoms with Crippen molar-refractivity contribution in [3.05, 3.63) is 29.6 Å². The zero-order chi connectivity index (χ0) is 11.4. The summed E-state index contributed by atoms with van der Waals surface area (Å²) >= 11 is 0. The first-order valence-corrected chi connectivity index (χ1v) is 4.71. The first-order chi connectivity index (χ1) is 7.06. The van der Waals surface area contributed by atoms with Crippen molar-refractivity contribution in [2.75, 3.05) is 32.6 Å². The molecule has 0 aliphatic rings. The highest BCUT2D eigenvalue weighted by molar-refractivity contribution is 6.02. The first-order valence-electron chi connectivity index (χ1n) is 4.71. The van der Waals surface area contributed by atoms with Crippen LogP contribution in [0.15, 0.2) is 18.2 Å². The molecule has 3 nitrogen and oxygen atoms in total. The van der Waals surface area contributed by atoms with Crippen LogP contribution in [0.4, 0.5) is 10.1 Å². The van der Waals surface area contributed by atoms with Gasteiger partial charge in [-0.3, -0.25) is 4.79 Å². The van der Waals surface area contributed by atoms with E-state index in [0.29, 0.717) is 11.3 Å². The van der Waals surface area contributed by atoms with E-state index in [9.17, 15) is 9.18 Å². The third-order valence-corrected chi connectivity index (χ3v) is 2.08. The Morgan fingerprint density at radius 2 is 2.13 bits per heavy atom. The lowest BCUT2D eigenvalue weighted by atomic mass is 10.1. The number of hydrogen-bond acceptors (Lipinski definition) is 3. The summed E-state index contributed by atoms with van der Waals surface area (Å²) < 4.78 is 13.0. The molecule has 0 aliphatic carbocycles. The number of hydrogen-bond donors (Lipinski definition) is 1. The second-order valence-electron chi connectivity index (χ2n) is 3.51. The summed E-state index contributed by atoms with van der Waals surface area (Å²) in [5.41, 5.74) is 1.14. The number of carbonyl (C=O) groups is 1. The van der Waals surface area contributed by atoms with Gasteiger partial charge in [0.2, 0.25) is 0 Å². The van der Waals surface area contributed by atoms with Crippen LogP contribution in [-0.4, -0.2) is 33.5 Å². The van der Waals surface area contributed by atoms with E-state index in [1.807, 2.05) is 0 Å². The number of ketones is 1. The average Bonchev–Trinajstić information content (AvgIpc) is 2.17. The Kier molecular flexibility index (Phi) is 3.80. The molecular formula is C11H15FN2O. The molecule has 1 aromatic rings. The van der Waals surface area contributed by atoms with Crippen LogP contribution in [0.2, 0.25) is 0 Å². The minimum atomic E-state index is -0.334. The maximum absolute atomic E-state index is 13.0. The van der Waals surface area contributed by atoms with Gasteiger partial charge in [-0.05, 0) is 25.2 Å². The highest BCUT2D eigenvalue weighted by Crippen LogP contribution is 2.20. The van der Waals surface area contributed by atoms with Crippen LogP contribution in [0.5, 0.6) is 0 Å². The molecule has 1 aromatic carbocycles. The Bertz CT molecular complexity index is 364. The highest BCUT2D eigenvalue weighted by atomic mass is 19.1. The van der Waals surface area contributed by atoms with Gasteiger partial charge >= 0.3 is 0 Å². The molecule has 15 heavy (non-hydrogen) atoms. The molecule has 0 saturated carbocycles. The van der Waals surface area contributed by atoms with Gasteiger partial charge in [0.05, 0.1) is 12.2 Å². The predicted octanol–water partition coefficient (Wildman–Crippen LogP) is 1.29. The van der Waals surface area contributed by atoms with Gasteiger partial charge in [0.15, 0.2) is 5.78 Å². The number of carbonyl (C=O) groups excluding carboxylic acids is 1. The standard InChI is InChI=1S/C11H15FN2O/c1-13-7-11(15)9-5-4-8(12)6-10(9)14(2)3/h4-6,13H,7H2,1-3H3. The number of nitrogens with zero attached hydrogens (tertiary/aromatic N) is 1. The Balaban J connectivity index is 3.11. The van der Waals surface area contributed by atoms with E-state index in [1.165, 1.54) is 18.2 Å². The zero-order valence-corrected chi connectivity index (χ0v) is 9.17. The van der Waals surface area contributed by atoms with E-state index >= 15 is 0 Å². The van der Waals surface area contributed by atoms with Gasteiger partial charge < -0.3 is 10.2 Å². The maximum atomic E-state index is 13.0. The van der Waals surface area contributed by atoms with Gasteiger partial charge in [-0.15, -0.1) is 0 Å². The molecule has 0 bridgehead atoms. The molecule has 0 saturated heterocycles. The first kappa shape index (κ1) is 11.7. The quantitative estimate of drug-likeness (QED) is 0.760. The summed E-state index contributed by atoms with van der Waals surface area (Å²) in [6.45, 7) is 0.256. The lowest BCUT2D eigenvalue weighted by Gasteiger charge is -2.16. The van der Waals surface area contributed by atoms with Crippen molar-refractivity contribution >= 4 is 11.5 Å². The number of Topliss-reactive ketones (excluding diaryl/α,β-unsaturated/α-hetero) is 1. The van der Waals surface area contributed by atoms with E-state index in [0.717, 1.165) is 0 Å². The van der Waals surface area contributed by atoms with Gasteiger partial charge in [-0.2, -0.15) is 0 Å². The fraction of sp³-hybridized carbons (Fsp3) is 0.364. The highest BCUT2D eigenvalue weighted by Gasteiger charge is 2.12. The van der Waals surface area contributed by atoms with Crippen LogP contribution in [0.25, 0.3) is 0 Å². The molecule has 0 spiro atoms. The molecule has 0 fully saturated rings. The number of benzene rings is 1. The molecule has 82 valence electrons. The van der Waals surface area contributed by atoms with Crippen molar-refractivity contribution in [3.63, 3.8) is 0 Å². The number of anilines is 1. The fourth-order valence-corrected chi connectivity index (χ4v) is 1.37. The number of rotatable bonds is 4. The lowest BCUT2D eigenvalue weighted by molar-refractivity contribution is 0.0994. The predicted molar refractivity (Wildman–Crippen MR) is 59.0 cm³/mol. The molecule has 0 aliphatic heterocycles. The lowest BCUT2D eigenvalue weighted by Crippen LogP contribution is -2.21. The minimum Gasteiger partial charge on any atom is -0.377 e. The van der Waals surface area contributed by atoms with Crippen molar-refractivity contribution < 1.29 is 9.18 Å². The van der Waals surface area contributed by atoms with Crippen LogP contribution >= 0.6 is 0 Å². The molecule has 0 aromatic heterocycles. The van der Waals surface area contributed by atoms with E-state index < -0.39 is 0 Å². The smallest absolute Gasteiger partial charge is 0.178 e. The summed E-state index contributed by atoms with van der Waals surface area (Å²) in [7, 11) is 5.27. The molecule has 0 radical (unpaired) electrons. The molecule has 0 amide bonds. The van der Waals surface area contributed by atoms with Gasteiger partial charge in [-0.25, -0.2) is 4.39 Å². The fourth-order valence-electron chi connectivity index (χ4n) is 1.37. The van der Waals surface area contributed by atoms with Crippen molar-refractivity contribution in [1.29, 1.82) is 0 Å². The van der Waals surface area contributed by atoms with Crippen molar-refractivity contribution in [1.82, 2.24) is 5.32 Å². The van der Waals surface area contributed by atoms with E-state index in [-0.39, 0.29) is 18.1 Å². The Hall–Kier alpha value is -1.42. The third kappa shape index (κ3) is 2.76. The number of nitrogens with one attached hydrogen (secondary N) is 1. The maximum Gasteiger partial charge on any atom is 0.178 e. The Morgan fingerprint density at radius 3 is 2.67 bits per heavy atom. The zero-order valence-electron chi connectivity index (χ0n) is 9.17.